The molecule has 5 heteroatoms. The Balaban J connectivity index is 1.54. The molecule has 1 atom stereocenters. The number of nitrogens with zero attached hydrogens (tertiary/aromatic N) is 1. The highest BCUT2D eigenvalue weighted by Gasteiger charge is 2.31. The molecule has 1 heterocycles. The molecule has 0 bridgehead atoms. The number of para-hydroxylation sites is 1. The minimum atomic E-state index is -0.500. The van der Waals surface area contributed by atoms with Crippen LogP contribution in [0.25, 0.3) is 0 Å². The van der Waals surface area contributed by atoms with Gasteiger partial charge in [0.2, 0.25) is 0 Å². The van der Waals surface area contributed by atoms with Crippen LogP contribution in [0, 0.1) is 0 Å². The first kappa shape index (κ1) is 23.1. The van der Waals surface area contributed by atoms with Gasteiger partial charge in [0.15, 0.2) is 11.6 Å². The Morgan fingerprint density at radius 2 is 1.74 bits per heavy atom. The van der Waals surface area contributed by atoms with Crippen LogP contribution in [0.4, 0.5) is 0 Å². The molecule has 3 rings (SSSR count). The van der Waals surface area contributed by atoms with Crippen LogP contribution in [0.3, 0.4) is 0 Å². The summed E-state index contributed by atoms with van der Waals surface area (Å²) in [7, 11) is 0. The molecule has 0 N–H and O–H groups in total. The molecule has 1 fully saturated rings. The van der Waals surface area contributed by atoms with Crippen molar-refractivity contribution in [2.24, 2.45) is 0 Å². The molecule has 0 aromatic heterocycles. The van der Waals surface area contributed by atoms with Crippen LogP contribution in [-0.4, -0.2) is 42.5 Å². The van der Waals surface area contributed by atoms with Crippen LogP contribution in [0.2, 0.25) is 0 Å². The maximum absolute atomic E-state index is 11.6. The second-order valence-electron chi connectivity index (χ2n) is 8.76. The Kier molecular flexibility index (Phi) is 8.30. The zero-order valence-corrected chi connectivity index (χ0v) is 18.8. The largest absolute Gasteiger partial charge is 0.490 e. The fraction of sp³-hybridized carbons (Fsp3) is 0.462. The Morgan fingerprint density at radius 3 is 2.48 bits per heavy atom. The standard InChI is InChI=1S/C26H33NO4/c1-26(2,3)31-27-17-18-29-25(23(27)19-28)20-30-24-16-10-9-15-22(24)14-8-7-13-21-11-5-4-6-12-21/h4-6,9-12,15-16,25H,7-8,13-14,17-18,20H2,1-3H3. The minimum Gasteiger partial charge on any atom is -0.490 e. The van der Waals surface area contributed by atoms with Gasteiger partial charge < -0.3 is 9.47 Å². The summed E-state index contributed by atoms with van der Waals surface area (Å²) in [5.41, 5.74) is 2.49. The number of carbonyl (C=O) groups excluding carboxylic acids is 1. The van der Waals surface area contributed by atoms with Crippen LogP contribution in [0.15, 0.2) is 60.3 Å². The third kappa shape index (κ3) is 7.25. The fourth-order valence-corrected chi connectivity index (χ4v) is 3.61. The third-order valence-corrected chi connectivity index (χ3v) is 5.04. The van der Waals surface area contributed by atoms with Crippen molar-refractivity contribution >= 4 is 5.94 Å². The number of hydrogen-bond acceptors (Lipinski definition) is 5. The molecule has 31 heavy (non-hydrogen) atoms. The van der Waals surface area contributed by atoms with Crippen LogP contribution in [-0.2, 0) is 27.2 Å². The van der Waals surface area contributed by atoms with Crippen molar-refractivity contribution in [2.45, 2.75) is 58.2 Å². The van der Waals surface area contributed by atoms with Crippen molar-refractivity contribution < 1.29 is 19.1 Å². The van der Waals surface area contributed by atoms with Gasteiger partial charge in [0.05, 0.1) is 18.8 Å². The van der Waals surface area contributed by atoms with E-state index in [-0.39, 0.29) is 6.61 Å². The fourth-order valence-electron chi connectivity index (χ4n) is 3.61. The molecule has 166 valence electrons. The van der Waals surface area contributed by atoms with E-state index in [4.69, 9.17) is 14.3 Å². The quantitative estimate of drug-likeness (QED) is 0.429. The number of aryl methyl sites for hydroxylation is 2. The second-order valence-corrected chi connectivity index (χ2v) is 8.76. The molecule has 1 unspecified atom stereocenters. The van der Waals surface area contributed by atoms with Gasteiger partial charge in [-0.05, 0) is 63.6 Å². The van der Waals surface area contributed by atoms with Gasteiger partial charge in [-0.2, -0.15) is 0 Å². The normalized spacial score (nSPS) is 16.8. The summed E-state index contributed by atoms with van der Waals surface area (Å²) in [6.07, 6.45) is 3.74. The minimum absolute atomic E-state index is 0.246. The third-order valence-electron chi connectivity index (χ3n) is 5.04. The average Bonchev–Trinajstić information content (AvgIpc) is 2.75. The maximum Gasteiger partial charge on any atom is 0.157 e. The van der Waals surface area contributed by atoms with E-state index in [2.05, 4.69) is 30.3 Å². The predicted molar refractivity (Wildman–Crippen MR) is 122 cm³/mol. The van der Waals surface area contributed by atoms with Crippen molar-refractivity contribution in [3.05, 3.63) is 71.4 Å². The Bertz CT molecular complexity index is 868. The molecule has 0 amide bonds. The monoisotopic (exact) mass is 423 g/mol. The van der Waals surface area contributed by atoms with Crippen molar-refractivity contribution in [1.82, 2.24) is 5.06 Å². The van der Waals surface area contributed by atoms with E-state index in [9.17, 15) is 4.79 Å². The molecule has 0 spiro atoms. The molecule has 1 aliphatic heterocycles. The Hall–Kier alpha value is -2.59. The number of rotatable bonds is 9. The molecule has 1 aliphatic rings. The van der Waals surface area contributed by atoms with Gasteiger partial charge in [-0.25, -0.2) is 9.86 Å². The van der Waals surface area contributed by atoms with Crippen LogP contribution < -0.4 is 4.74 Å². The molecule has 0 radical (unpaired) electrons. The number of hydrogen-bond donors (Lipinski definition) is 0. The van der Waals surface area contributed by atoms with Crippen LogP contribution in [0.5, 0.6) is 5.75 Å². The topological polar surface area (TPSA) is 48.0 Å². The first-order chi connectivity index (χ1) is 15.0. The first-order valence-electron chi connectivity index (χ1n) is 11.0. The molecule has 2 aromatic rings. The smallest absolute Gasteiger partial charge is 0.157 e. The number of hydroxylamine groups is 2. The van der Waals surface area contributed by atoms with E-state index < -0.39 is 11.7 Å². The SMILES string of the molecule is CC(C)(C)ON1CCOC(COc2ccccc2CCCCc2ccccc2)C1=C=O. The molecule has 1 saturated heterocycles. The van der Waals surface area contributed by atoms with Gasteiger partial charge in [0.25, 0.3) is 0 Å². The Morgan fingerprint density at radius 1 is 1.03 bits per heavy atom. The van der Waals surface area contributed by atoms with Crippen molar-refractivity contribution in [3.63, 3.8) is 0 Å². The lowest BCUT2D eigenvalue weighted by atomic mass is 10.0. The molecule has 2 aromatic carbocycles. The average molecular weight is 424 g/mol. The summed E-state index contributed by atoms with van der Waals surface area (Å²) in [6.45, 7) is 7.06. The van der Waals surface area contributed by atoms with Gasteiger partial charge in [0.1, 0.15) is 18.5 Å². The second kappa shape index (κ2) is 11.1. The number of morpholine rings is 1. The summed E-state index contributed by atoms with van der Waals surface area (Å²) in [5, 5.41) is 1.60. The lowest BCUT2D eigenvalue weighted by Gasteiger charge is -2.37. The Labute approximate surface area is 185 Å². The van der Waals surface area contributed by atoms with Gasteiger partial charge >= 0.3 is 0 Å². The summed E-state index contributed by atoms with van der Waals surface area (Å²) in [6, 6.07) is 18.6. The highest BCUT2D eigenvalue weighted by Crippen LogP contribution is 2.24. The molecule has 5 nitrogen and oxygen atoms in total. The summed E-state index contributed by atoms with van der Waals surface area (Å²) in [4.78, 5) is 17.5. The highest BCUT2D eigenvalue weighted by molar-refractivity contribution is 5.53. The van der Waals surface area contributed by atoms with Crippen molar-refractivity contribution in [3.8, 4) is 5.75 Å². The van der Waals surface area contributed by atoms with Gasteiger partial charge in [-0.1, -0.05) is 48.5 Å². The van der Waals surface area contributed by atoms with E-state index in [1.54, 1.807) is 5.06 Å². The van der Waals surface area contributed by atoms with E-state index >= 15 is 0 Å². The van der Waals surface area contributed by atoms with Crippen molar-refractivity contribution in [1.29, 1.82) is 0 Å². The maximum atomic E-state index is 11.6. The molecular weight excluding hydrogens is 390 g/mol. The van der Waals surface area contributed by atoms with Gasteiger partial charge in [-0.3, -0.25) is 4.84 Å². The zero-order chi connectivity index (χ0) is 22.1. The van der Waals surface area contributed by atoms with Crippen molar-refractivity contribution in [2.75, 3.05) is 19.8 Å². The summed E-state index contributed by atoms with van der Waals surface area (Å²) in [5.74, 6) is 2.84. The highest BCUT2D eigenvalue weighted by atomic mass is 16.7. The molecular formula is C26H33NO4. The van der Waals surface area contributed by atoms with Crippen LogP contribution >= 0.6 is 0 Å². The van der Waals surface area contributed by atoms with E-state index in [1.165, 1.54) is 11.1 Å². The summed E-state index contributed by atoms with van der Waals surface area (Å²) >= 11 is 0. The predicted octanol–water partition coefficient (Wildman–Crippen LogP) is 4.78. The number of ether oxygens (including phenoxy) is 2. The van der Waals surface area contributed by atoms with Gasteiger partial charge in [0, 0.05) is 0 Å². The van der Waals surface area contributed by atoms with Gasteiger partial charge in [-0.15, -0.1) is 0 Å². The zero-order valence-electron chi connectivity index (χ0n) is 18.8. The number of benzene rings is 2. The van der Waals surface area contributed by atoms with Crippen LogP contribution in [0.1, 0.15) is 44.7 Å². The number of unbranched alkanes of at least 4 members (excludes halogenated alkanes) is 1. The first-order valence-corrected chi connectivity index (χ1v) is 11.0. The van der Waals surface area contributed by atoms with E-state index in [0.717, 1.165) is 31.4 Å². The molecule has 0 aliphatic carbocycles. The van der Waals surface area contributed by atoms with E-state index in [0.29, 0.717) is 18.8 Å². The lowest BCUT2D eigenvalue weighted by molar-refractivity contribution is -0.237. The summed E-state index contributed by atoms with van der Waals surface area (Å²) < 4.78 is 11.9. The molecule has 0 saturated carbocycles. The van der Waals surface area contributed by atoms with E-state index in [1.807, 2.05) is 51.0 Å². The lowest BCUT2D eigenvalue weighted by Crippen LogP contribution is -2.46.